The Balaban J connectivity index is 1.06. The van der Waals surface area contributed by atoms with Crippen molar-refractivity contribution < 1.29 is 69.9 Å². The number of aliphatic hydroxyl groups is 3. The van der Waals surface area contributed by atoms with Gasteiger partial charge in [0.15, 0.2) is 39.9 Å². The summed E-state index contributed by atoms with van der Waals surface area (Å²) in [6.07, 6.45) is -9.34. The maximum atomic E-state index is 14.2. The van der Waals surface area contributed by atoms with Crippen molar-refractivity contribution in [1.82, 2.24) is 39.2 Å². The highest BCUT2D eigenvalue weighted by Crippen LogP contribution is 2.40. The molecule has 0 aliphatic carbocycles. The smallest absolute Gasteiger partial charge is 0.417 e. The Kier molecular flexibility index (Phi) is 13.8. The van der Waals surface area contributed by atoms with Crippen LogP contribution >= 0.6 is 0 Å². The molecule has 6 heterocycles. The van der Waals surface area contributed by atoms with Crippen molar-refractivity contribution in [2.45, 2.75) is 39.2 Å². The number of carbonyl (C=O) groups is 2. The van der Waals surface area contributed by atoms with E-state index in [1.165, 1.54) is 62.4 Å². The molecule has 8 aromatic rings. The van der Waals surface area contributed by atoms with E-state index in [1.807, 2.05) is 0 Å². The summed E-state index contributed by atoms with van der Waals surface area (Å²) < 4.78 is 118. The van der Waals surface area contributed by atoms with Gasteiger partial charge in [-0.1, -0.05) is 36.4 Å². The van der Waals surface area contributed by atoms with Gasteiger partial charge in [0, 0.05) is 29.3 Å². The van der Waals surface area contributed by atoms with Crippen molar-refractivity contribution in [2.24, 2.45) is 0 Å². The topological polar surface area (TPSA) is 233 Å². The third kappa shape index (κ3) is 10.7. The molecular formula is C47H37F7N10O8. The second-order valence-corrected chi connectivity index (χ2v) is 15.7. The Hall–Kier alpha value is -8.71. The Morgan fingerprint density at radius 3 is 1.81 bits per heavy atom. The lowest BCUT2D eigenvalue weighted by Crippen LogP contribution is -2.22. The van der Waals surface area contributed by atoms with Gasteiger partial charge >= 0.3 is 12.4 Å². The first-order valence-electron chi connectivity index (χ1n) is 21.1. The number of pyridine rings is 2. The minimum atomic E-state index is -4.83. The minimum Gasteiger partial charge on any atom is -0.506 e. The number of ether oxygens (including phenoxy) is 3. The molecule has 5 N–H and O–H groups in total. The summed E-state index contributed by atoms with van der Waals surface area (Å²) in [5, 5.41) is 44.0. The third-order valence-electron chi connectivity index (χ3n) is 10.4. The molecule has 6 aromatic heterocycles. The number of nitrogens with one attached hydrogen (secondary N) is 2. The van der Waals surface area contributed by atoms with E-state index >= 15 is 0 Å². The number of amides is 2. The van der Waals surface area contributed by atoms with E-state index < -0.39 is 78.4 Å². The molecule has 2 amide bonds. The van der Waals surface area contributed by atoms with Crippen LogP contribution in [0.4, 0.5) is 42.4 Å². The van der Waals surface area contributed by atoms with Crippen LogP contribution in [0.15, 0.2) is 103 Å². The van der Waals surface area contributed by atoms with E-state index in [0.717, 1.165) is 57.9 Å². The third-order valence-corrected chi connectivity index (χ3v) is 10.4. The Labute approximate surface area is 401 Å². The van der Waals surface area contributed by atoms with E-state index in [0.29, 0.717) is 5.56 Å². The number of benzene rings is 2. The first kappa shape index (κ1) is 49.7. The van der Waals surface area contributed by atoms with E-state index in [4.69, 9.17) is 14.2 Å². The summed E-state index contributed by atoms with van der Waals surface area (Å²) in [7, 11) is 0. The van der Waals surface area contributed by atoms with E-state index in [1.54, 1.807) is 6.92 Å². The number of aromatic nitrogens is 8. The zero-order valence-electron chi connectivity index (χ0n) is 37.5. The van der Waals surface area contributed by atoms with Crippen LogP contribution in [0.2, 0.25) is 0 Å². The van der Waals surface area contributed by atoms with Crippen LogP contribution in [-0.2, 0) is 12.4 Å². The number of rotatable bonds is 15. The molecule has 0 aliphatic rings. The molecule has 0 unspecified atom stereocenters. The van der Waals surface area contributed by atoms with Gasteiger partial charge in [0.25, 0.3) is 11.8 Å². The molecule has 72 heavy (non-hydrogen) atoms. The average molecular weight is 1000 g/mol. The number of alkyl halides is 6. The number of hydrogen-bond donors (Lipinski definition) is 5. The maximum absolute atomic E-state index is 14.2. The molecule has 0 fully saturated rings. The van der Waals surface area contributed by atoms with Crippen molar-refractivity contribution in [1.29, 1.82) is 0 Å². The van der Waals surface area contributed by atoms with Crippen molar-refractivity contribution in [3.05, 3.63) is 148 Å². The number of halogens is 7. The van der Waals surface area contributed by atoms with Crippen LogP contribution < -0.4 is 24.8 Å². The van der Waals surface area contributed by atoms with Crippen LogP contribution in [0, 0.1) is 26.6 Å². The lowest BCUT2D eigenvalue weighted by Gasteiger charge is -2.15. The van der Waals surface area contributed by atoms with Gasteiger partial charge in [0.2, 0.25) is 5.88 Å². The zero-order chi connectivity index (χ0) is 51.6. The Bertz CT molecular complexity index is 3400. The molecule has 25 heteroatoms. The predicted molar refractivity (Wildman–Crippen MR) is 241 cm³/mol. The summed E-state index contributed by atoms with van der Waals surface area (Å²) in [6, 6.07) is 16.5. The second-order valence-electron chi connectivity index (χ2n) is 15.7. The van der Waals surface area contributed by atoms with Gasteiger partial charge in [-0.05, 0) is 56.7 Å². The monoisotopic (exact) mass is 1000 g/mol. The summed E-state index contributed by atoms with van der Waals surface area (Å²) in [4.78, 5) is 44.3. The fourth-order valence-electron chi connectivity index (χ4n) is 7.21. The molecule has 1 atom stereocenters. The number of anilines is 2. The van der Waals surface area contributed by atoms with Gasteiger partial charge in [0.1, 0.15) is 43.0 Å². The van der Waals surface area contributed by atoms with E-state index in [2.05, 4.69) is 40.8 Å². The van der Waals surface area contributed by atoms with Crippen molar-refractivity contribution >= 4 is 34.7 Å². The first-order valence-corrected chi connectivity index (χ1v) is 21.1. The average Bonchev–Trinajstić information content (AvgIpc) is 3.86. The fourth-order valence-corrected chi connectivity index (χ4v) is 7.21. The molecule has 0 saturated carbocycles. The summed E-state index contributed by atoms with van der Waals surface area (Å²) in [6.45, 7) is 2.67. The van der Waals surface area contributed by atoms with E-state index in [-0.39, 0.29) is 80.0 Å². The second kappa shape index (κ2) is 20.0. The zero-order valence-corrected chi connectivity index (χ0v) is 37.5. The Morgan fingerprint density at radius 1 is 0.722 bits per heavy atom. The van der Waals surface area contributed by atoms with Gasteiger partial charge < -0.3 is 40.2 Å². The number of carbonyl (C=O) groups excluding carboxylic acids is 2. The minimum absolute atomic E-state index is 0.0521. The summed E-state index contributed by atoms with van der Waals surface area (Å²) in [5.74, 6) is -3.72. The predicted octanol–water partition coefficient (Wildman–Crippen LogP) is 8.09. The molecule has 8 rings (SSSR count). The van der Waals surface area contributed by atoms with Gasteiger partial charge in [-0.2, -0.15) is 41.5 Å². The largest absolute Gasteiger partial charge is 0.506 e. The van der Waals surface area contributed by atoms with Gasteiger partial charge in [0.05, 0.1) is 46.7 Å². The van der Waals surface area contributed by atoms with Gasteiger partial charge in [-0.15, -0.1) is 0 Å². The van der Waals surface area contributed by atoms with E-state index in [9.17, 15) is 55.6 Å². The SMILES string of the molecule is Cc1cc(NC(=O)c2c(C)nc3c(OC[C@H](O)CO)cc(-c4ccccc4C(F)(F)F)nn23)nc(OC/C(O)=C\Oc2cc(-c3ccccc3C(F)(F)F)nn3c(C(=O)Nc4ccc(F)cn4)c(C)nc23)c1. The number of aryl methyl sites for hydroxylation is 3. The lowest BCUT2D eigenvalue weighted by molar-refractivity contribution is -0.137. The number of fused-ring (bicyclic) bond motifs is 2. The van der Waals surface area contributed by atoms with Crippen molar-refractivity contribution in [3.63, 3.8) is 0 Å². The van der Waals surface area contributed by atoms with Crippen LogP contribution in [-0.4, -0.2) is 92.2 Å². The summed E-state index contributed by atoms with van der Waals surface area (Å²) in [5.41, 5.74) is -3.58. The number of hydrogen-bond acceptors (Lipinski definition) is 14. The van der Waals surface area contributed by atoms with Crippen LogP contribution in [0.25, 0.3) is 33.8 Å². The van der Waals surface area contributed by atoms with Gasteiger partial charge in [-0.3, -0.25) is 9.59 Å². The highest BCUT2D eigenvalue weighted by atomic mass is 19.4. The van der Waals surface area contributed by atoms with Crippen LogP contribution in [0.1, 0.15) is 49.1 Å². The number of imidazole rings is 2. The lowest BCUT2D eigenvalue weighted by atomic mass is 10.0. The maximum Gasteiger partial charge on any atom is 0.417 e. The number of nitrogens with zero attached hydrogens (tertiary/aromatic N) is 8. The number of aliphatic hydroxyl groups excluding tert-OH is 3. The molecule has 0 radical (unpaired) electrons. The summed E-state index contributed by atoms with van der Waals surface area (Å²) >= 11 is 0. The highest BCUT2D eigenvalue weighted by molar-refractivity contribution is 6.05. The molecule has 0 bridgehead atoms. The van der Waals surface area contributed by atoms with Crippen molar-refractivity contribution in [2.75, 3.05) is 30.5 Å². The molecule has 2 aromatic carbocycles. The normalized spacial score (nSPS) is 12.5. The molecule has 0 aliphatic heterocycles. The molecular weight excluding hydrogens is 966 g/mol. The quantitative estimate of drug-likeness (QED) is 0.0483. The molecule has 0 spiro atoms. The Morgan fingerprint density at radius 2 is 1.26 bits per heavy atom. The molecule has 372 valence electrons. The molecule has 18 nitrogen and oxygen atoms in total. The fraction of sp³-hybridized carbons (Fsp3) is 0.191. The van der Waals surface area contributed by atoms with Crippen LogP contribution in [0.3, 0.4) is 0 Å². The van der Waals surface area contributed by atoms with Crippen molar-refractivity contribution in [3.8, 4) is 39.9 Å². The standard InChI is InChI=1S/C47H37F7N10O8/c1-23-14-38(60-45(69)41-25(3)57-42-35(70-20-27(66)19-65)16-33(62-64(41)42)29-8-4-6-10-31(29)46(49,50)51)58-39(15-23)72-22-28(67)21-71-36-17-34(30-9-5-7-11-32(30)47(52,53)54)61-63-40(24(2)56-43(36)63)44(68)59-37-13-12-26(48)18-55-37/h4-18,21,27,65-67H,19-20,22H2,1-3H3,(H,55,59,68)(H,58,60,69)/b28-21+/t27-/m1/s1. The highest BCUT2D eigenvalue weighted by Gasteiger charge is 2.36. The first-order chi connectivity index (χ1) is 34.2. The molecule has 0 saturated heterocycles. The van der Waals surface area contributed by atoms with Crippen LogP contribution in [0.5, 0.6) is 17.4 Å². The van der Waals surface area contributed by atoms with Gasteiger partial charge in [-0.25, -0.2) is 28.4 Å².